The van der Waals surface area contributed by atoms with Crippen molar-refractivity contribution in [3.63, 3.8) is 0 Å². The minimum absolute atomic E-state index is 0.284. The summed E-state index contributed by atoms with van der Waals surface area (Å²) >= 11 is 0. The molecule has 2 aromatic heterocycles. The molecule has 0 saturated heterocycles. The molecule has 0 bridgehead atoms. The van der Waals surface area contributed by atoms with Gasteiger partial charge in [-0.05, 0) is 50.3 Å². The Balaban J connectivity index is 1.99. The average molecular weight is 270 g/mol. The molecule has 0 radical (unpaired) electrons. The summed E-state index contributed by atoms with van der Waals surface area (Å²) in [6.45, 7) is 5.11. The van der Waals surface area contributed by atoms with Crippen LogP contribution in [0.5, 0.6) is 0 Å². The lowest BCUT2D eigenvalue weighted by atomic mass is 9.95. The highest BCUT2D eigenvalue weighted by Gasteiger charge is 2.23. The third kappa shape index (κ3) is 2.27. The predicted octanol–water partition coefficient (Wildman–Crippen LogP) is 3.17. The van der Waals surface area contributed by atoms with E-state index in [4.69, 9.17) is 0 Å². The summed E-state index contributed by atoms with van der Waals surface area (Å²) in [6.07, 6.45) is 5.62. The first-order valence-electron chi connectivity index (χ1n) is 7.50. The molecule has 0 aromatic carbocycles. The number of rotatable bonds is 3. The normalized spacial score (nSPS) is 18.1. The summed E-state index contributed by atoms with van der Waals surface area (Å²) in [5.41, 5.74) is 6.11. The Morgan fingerprint density at radius 3 is 3.10 bits per heavy atom. The summed E-state index contributed by atoms with van der Waals surface area (Å²) in [6, 6.07) is 6.31. The van der Waals surface area contributed by atoms with Gasteiger partial charge in [-0.25, -0.2) is 0 Å². The second-order valence-electron chi connectivity index (χ2n) is 5.64. The molecule has 0 fully saturated rings. The lowest BCUT2D eigenvalue weighted by Crippen LogP contribution is -2.14. The molecule has 3 nitrogen and oxygen atoms in total. The average Bonchev–Trinajstić information content (AvgIpc) is 2.78. The minimum Gasteiger partial charge on any atom is -0.388 e. The van der Waals surface area contributed by atoms with Crippen LogP contribution in [0.4, 0.5) is 0 Å². The van der Waals surface area contributed by atoms with Crippen LogP contribution in [0.3, 0.4) is 0 Å². The number of aryl methyl sites for hydroxylation is 2. The number of aliphatic hydroxyl groups excluding tert-OH is 1. The van der Waals surface area contributed by atoms with Gasteiger partial charge in [-0.1, -0.05) is 13.0 Å². The zero-order chi connectivity index (χ0) is 14.1. The first kappa shape index (κ1) is 13.4. The summed E-state index contributed by atoms with van der Waals surface area (Å²) in [4.78, 5) is 4.55. The van der Waals surface area contributed by atoms with Gasteiger partial charge >= 0.3 is 0 Å². The summed E-state index contributed by atoms with van der Waals surface area (Å²) in [5, 5.41) is 10.1. The Morgan fingerprint density at radius 2 is 2.30 bits per heavy atom. The van der Waals surface area contributed by atoms with Crippen LogP contribution in [-0.4, -0.2) is 14.7 Å². The standard InChI is InChI=1S/C17H22N2O/c1-3-13-6-5-9-18-15(13)11-19-12(2)10-14-16(19)7-4-8-17(14)20/h5-6,9-10,17,20H,3-4,7-8,11H2,1-2H3. The monoisotopic (exact) mass is 270 g/mol. The Bertz CT molecular complexity index is 615. The van der Waals surface area contributed by atoms with Crippen molar-refractivity contribution in [2.45, 2.75) is 52.2 Å². The highest BCUT2D eigenvalue weighted by molar-refractivity contribution is 5.33. The highest BCUT2D eigenvalue weighted by atomic mass is 16.3. The molecule has 3 heteroatoms. The molecule has 0 spiro atoms. The molecule has 20 heavy (non-hydrogen) atoms. The van der Waals surface area contributed by atoms with Crippen molar-refractivity contribution < 1.29 is 5.11 Å². The SMILES string of the molecule is CCc1cccnc1Cn1c(C)cc2c1CCCC2O. The van der Waals surface area contributed by atoms with Crippen LogP contribution in [0.1, 0.15) is 54.1 Å². The Labute approximate surface area is 120 Å². The molecule has 1 N–H and O–H groups in total. The maximum absolute atomic E-state index is 10.1. The Hall–Kier alpha value is -1.61. The van der Waals surface area contributed by atoms with E-state index in [-0.39, 0.29) is 6.10 Å². The maximum Gasteiger partial charge on any atom is 0.0807 e. The van der Waals surface area contributed by atoms with Gasteiger partial charge in [-0.2, -0.15) is 0 Å². The first-order chi connectivity index (χ1) is 9.70. The van der Waals surface area contributed by atoms with Crippen molar-refractivity contribution in [1.82, 2.24) is 9.55 Å². The van der Waals surface area contributed by atoms with E-state index >= 15 is 0 Å². The third-order valence-corrected chi connectivity index (χ3v) is 4.37. The van der Waals surface area contributed by atoms with Crippen molar-refractivity contribution in [1.29, 1.82) is 0 Å². The molecule has 2 heterocycles. The molecule has 0 saturated carbocycles. The van der Waals surface area contributed by atoms with Crippen LogP contribution in [-0.2, 0) is 19.4 Å². The molecule has 1 aliphatic carbocycles. The second kappa shape index (κ2) is 5.41. The molecule has 2 aromatic rings. The van der Waals surface area contributed by atoms with Crippen LogP contribution >= 0.6 is 0 Å². The molecule has 1 atom stereocenters. The zero-order valence-corrected chi connectivity index (χ0v) is 12.3. The summed E-state index contributed by atoms with van der Waals surface area (Å²) in [7, 11) is 0. The van der Waals surface area contributed by atoms with Gasteiger partial charge in [0.15, 0.2) is 0 Å². The highest BCUT2D eigenvalue weighted by Crippen LogP contribution is 2.32. The van der Waals surface area contributed by atoms with Crippen molar-refractivity contribution in [2.24, 2.45) is 0 Å². The topological polar surface area (TPSA) is 38.0 Å². The molecule has 106 valence electrons. The van der Waals surface area contributed by atoms with Crippen molar-refractivity contribution in [2.75, 3.05) is 0 Å². The largest absolute Gasteiger partial charge is 0.388 e. The number of pyridine rings is 1. The zero-order valence-electron chi connectivity index (χ0n) is 12.3. The van der Waals surface area contributed by atoms with Gasteiger partial charge in [0, 0.05) is 23.1 Å². The van der Waals surface area contributed by atoms with Gasteiger partial charge in [0.25, 0.3) is 0 Å². The lowest BCUT2D eigenvalue weighted by molar-refractivity contribution is 0.155. The van der Waals surface area contributed by atoms with Crippen molar-refractivity contribution in [3.8, 4) is 0 Å². The maximum atomic E-state index is 10.1. The van der Waals surface area contributed by atoms with Gasteiger partial charge in [-0.3, -0.25) is 4.98 Å². The van der Waals surface area contributed by atoms with Gasteiger partial charge in [0.1, 0.15) is 0 Å². The second-order valence-corrected chi connectivity index (χ2v) is 5.64. The Kier molecular flexibility index (Phi) is 3.62. The number of hydrogen-bond acceptors (Lipinski definition) is 2. The van der Waals surface area contributed by atoms with E-state index in [1.807, 2.05) is 12.3 Å². The van der Waals surface area contributed by atoms with Crippen LogP contribution < -0.4 is 0 Å². The third-order valence-electron chi connectivity index (χ3n) is 4.37. The van der Waals surface area contributed by atoms with E-state index in [2.05, 4.69) is 35.5 Å². The van der Waals surface area contributed by atoms with Crippen LogP contribution in [0, 0.1) is 6.92 Å². The summed E-state index contributed by atoms with van der Waals surface area (Å²) < 4.78 is 2.33. The first-order valence-corrected chi connectivity index (χ1v) is 7.50. The van der Waals surface area contributed by atoms with Gasteiger partial charge in [-0.15, -0.1) is 0 Å². The quantitative estimate of drug-likeness (QED) is 0.930. The van der Waals surface area contributed by atoms with E-state index in [1.165, 1.54) is 17.0 Å². The summed E-state index contributed by atoms with van der Waals surface area (Å²) in [5.74, 6) is 0. The van der Waals surface area contributed by atoms with E-state index in [1.54, 1.807) is 0 Å². The molecular formula is C17H22N2O. The molecule has 1 aliphatic rings. The number of aromatic nitrogens is 2. The van der Waals surface area contributed by atoms with E-state index in [0.717, 1.165) is 43.5 Å². The van der Waals surface area contributed by atoms with E-state index in [9.17, 15) is 5.11 Å². The van der Waals surface area contributed by atoms with Crippen LogP contribution in [0.25, 0.3) is 0 Å². The van der Waals surface area contributed by atoms with Crippen molar-refractivity contribution >= 4 is 0 Å². The predicted molar refractivity (Wildman–Crippen MR) is 79.8 cm³/mol. The minimum atomic E-state index is -0.284. The fourth-order valence-electron chi connectivity index (χ4n) is 3.25. The molecular weight excluding hydrogens is 248 g/mol. The number of hydrogen-bond donors (Lipinski definition) is 1. The van der Waals surface area contributed by atoms with E-state index in [0.29, 0.717) is 0 Å². The fraction of sp³-hybridized carbons (Fsp3) is 0.471. The number of nitrogens with zero attached hydrogens (tertiary/aromatic N) is 2. The fourth-order valence-corrected chi connectivity index (χ4v) is 3.25. The van der Waals surface area contributed by atoms with Crippen molar-refractivity contribution in [3.05, 3.63) is 52.6 Å². The molecule has 1 unspecified atom stereocenters. The lowest BCUT2D eigenvalue weighted by Gasteiger charge is -2.20. The molecule has 3 rings (SSSR count). The van der Waals surface area contributed by atoms with Crippen LogP contribution in [0.15, 0.2) is 24.4 Å². The van der Waals surface area contributed by atoms with E-state index < -0.39 is 0 Å². The smallest absolute Gasteiger partial charge is 0.0807 e. The number of fused-ring (bicyclic) bond motifs is 1. The van der Waals surface area contributed by atoms with Crippen LogP contribution in [0.2, 0.25) is 0 Å². The molecule has 0 amide bonds. The van der Waals surface area contributed by atoms with Gasteiger partial charge < -0.3 is 9.67 Å². The Morgan fingerprint density at radius 1 is 1.45 bits per heavy atom. The van der Waals surface area contributed by atoms with Gasteiger partial charge in [0.2, 0.25) is 0 Å². The number of aliphatic hydroxyl groups is 1. The van der Waals surface area contributed by atoms with Gasteiger partial charge in [0.05, 0.1) is 18.3 Å². The molecule has 0 aliphatic heterocycles.